The number of thiocarbonyl (C=S) groups is 1. The average molecular weight is 327 g/mol. The molecule has 0 bridgehead atoms. The van der Waals surface area contributed by atoms with Gasteiger partial charge in [0.25, 0.3) is 10.0 Å². The number of hydrogen-bond acceptors (Lipinski definition) is 5. The van der Waals surface area contributed by atoms with Crippen molar-refractivity contribution in [1.82, 2.24) is 4.98 Å². The van der Waals surface area contributed by atoms with E-state index in [1.54, 1.807) is 19.1 Å². The molecule has 0 aliphatic rings. The van der Waals surface area contributed by atoms with E-state index in [1.807, 2.05) is 13.0 Å². The van der Waals surface area contributed by atoms with Gasteiger partial charge in [-0.05, 0) is 43.7 Å². The Balaban J connectivity index is 2.32. The fourth-order valence-electron chi connectivity index (χ4n) is 1.68. The number of rotatable bonds is 4. The minimum absolute atomic E-state index is 0.154. The Morgan fingerprint density at radius 3 is 2.60 bits per heavy atom. The molecule has 5 nitrogen and oxygen atoms in total. The molecule has 0 aromatic carbocycles. The van der Waals surface area contributed by atoms with E-state index in [0.717, 1.165) is 22.6 Å². The second kappa shape index (κ2) is 5.47. The summed E-state index contributed by atoms with van der Waals surface area (Å²) >= 11 is 5.85. The van der Waals surface area contributed by atoms with E-state index in [1.165, 1.54) is 6.07 Å². The molecule has 3 N–H and O–H groups in total. The lowest BCUT2D eigenvalue weighted by atomic mass is 10.2. The van der Waals surface area contributed by atoms with Crippen molar-refractivity contribution in [2.75, 3.05) is 4.72 Å². The van der Waals surface area contributed by atoms with Gasteiger partial charge in [-0.3, -0.25) is 4.72 Å². The minimum atomic E-state index is -3.67. The molecule has 0 saturated heterocycles. The van der Waals surface area contributed by atoms with Gasteiger partial charge in [-0.1, -0.05) is 12.2 Å². The summed E-state index contributed by atoms with van der Waals surface area (Å²) < 4.78 is 27.1. The fraction of sp³-hybridized carbons (Fsp3) is 0.167. The summed E-state index contributed by atoms with van der Waals surface area (Å²) in [6.45, 7) is 3.68. The van der Waals surface area contributed by atoms with Crippen LogP contribution in [0.2, 0.25) is 0 Å². The lowest BCUT2D eigenvalue weighted by molar-refractivity contribution is 0.603. The van der Waals surface area contributed by atoms with Crippen LogP contribution in [0.5, 0.6) is 0 Å². The Morgan fingerprint density at radius 1 is 1.35 bits per heavy atom. The van der Waals surface area contributed by atoms with Gasteiger partial charge in [0.1, 0.15) is 15.0 Å². The first kappa shape index (κ1) is 14.9. The molecule has 8 heteroatoms. The van der Waals surface area contributed by atoms with Crippen molar-refractivity contribution in [3.8, 4) is 0 Å². The van der Waals surface area contributed by atoms with Gasteiger partial charge in [0.2, 0.25) is 0 Å². The number of aryl methyl sites for hydroxylation is 2. The highest BCUT2D eigenvalue weighted by Crippen LogP contribution is 2.23. The van der Waals surface area contributed by atoms with E-state index in [9.17, 15) is 8.42 Å². The first-order valence-corrected chi connectivity index (χ1v) is 8.36. The van der Waals surface area contributed by atoms with E-state index >= 15 is 0 Å². The van der Waals surface area contributed by atoms with E-state index in [4.69, 9.17) is 18.0 Å². The SMILES string of the molecule is Cc1cc(C)nc(NS(=O)(=O)c2ccc(C(N)=S)s2)c1. The Bertz CT molecular complexity index is 746. The van der Waals surface area contributed by atoms with Gasteiger partial charge in [0.15, 0.2) is 0 Å². The molecule has 0 atom stereocenters. The predicted molar refractivity (Wildman–Crippen MR) is 84.7 cm³/mol. The minimum Gasteiger partial charge on any atom is -0.389 e. The fourth-order valence-corrected chi connectivity index (χ4v) is 4.02. The van der Waals surface area contributed by atoms with Crippen molar-refractivity contribution >= 4 is 44.4 Å². The van der Waals surface area contributed by atoms with Crippen LogP contribution in [-0.4, -0.2) is 18.4 Å². The third kappa shape index (κ3) is 3.33. The lowest BCUT2D eigenvalue weighted by Crippen LogP contribution is -2.13. The van der Waals surface area contributed by atoms with E-state index in [0.29, 0.717) is 10.7 Å². The van der Waals surface area contributed by atoms with Crippen LogP contribution in [-0.2, 0) is 10.0 Å². The van der Waals surface area contributed by atoms with Gasteiger partial charge in [-0.15, -0.1) is 11.3 Å². The summed E-state index contributed by atoms with van der Waals surface area (Å²) in [6.07, 6.45) is 0. The highest BCUT2D eigenvalue weighted by atomic mass is 32.2. The number of nitrogens with one attached hydrogen (secondary N) is 1. The van der Waals surface area contributed by atoms with Crippen molar-refractivity contribution in [2.24, 2.45) is 5.73 Å². The molecule has 0 aliphatic heterocycles. The molecule has 0 spiro atoms. The van der Waals surface area contributed by atoms with Gasteiger partial charge in [-0.2, -0.15) is 0 Å². The van der Waals surface area contributed by atoms with Crippen LogP contribution in [0.25, 0.3) is 0 Å². The summed E-state index contributed by atoms with van der Waals surface area (Å²) in [5.74, 6) is 0.299. The monoisotopic (exact) mass is 327 g/mol. The second-order valence-corrected chi connectivity index (χ2v) is 7.69. The molecule has 2 aromatic rings. The number of nitrogens with zero attached hydrogens (tertiary/aromatic N) is 1. The zero-order valence-electron chi connectivity index (χ0n) is 10.9. The quantitative estimate of drug-likeness (QED) is 0.841. The molecule has 0 amide bonds. The summed E-state index contributed by atoms with van der Waals surface area (Å²) in [7, 11) is -3.67. The van der Waals surface area contributed by atoms with Crippen molar-refractivity contribution in [3.63, 3.8) is 0 Å². The number of anilines is 1. The Hall–Kier alpha value is -1.51. The maximum atomic E-state index is 12.2. The normalized spacial score (nSPS) is 11.3. The molecule has 20 heavy (non-hydrogen) atoms. The lowest BCUT2D eigenvalue weighted by Gasteiger charge is -2.07. The Labute approximate surface area is 126 Å². The summed E-state index contributed by atoms with van der Waals surface area (Å²) in [5.41, 5.74) is 7.16. The summed E-state index contributed by atoms with van der Waals surface area (Å²) in [4.78, 5) is 4.90. The molecular formula is C12H13N3O2S3. The molecule has 0 saturated carbocycles. The van der Waals surface area contributed by atoms with E-state index < -0.39 is 10.0 Å². The van der Waals surface area contributed by atoms with Crippen LogP contribution in [0.4, 0.5) is 5.82 Å². The van der Waals surface area contributed by atoms with Crippen LogP contribution in [0.1, 0.15) is 16.1 Å². The number of hydrogen-bond donors (Lipinski definition) is 2. The zero-order valence-corrected chi connectivity index (χ0v) is 13.3. The standard InChI is InChI=1S/C12H13N3O2S3/c1-7-5-8(2)14-10(6-7)15-20(16,17)11-4-3-9(19-11)12(13)18/h3-6H,1-2H3,(H2,13,18)(H,14,15). The van der Waals surface area contributed by atoms with Gasteiger partial charge >= 0.3 is 0 Å². The topological polar surface area (TPSA) is 85.1 Å². The van der Waals surface area contributed by atoms with Crippen LogP contribution in [0.3, 0.4) is 0 Å². The molecule has 0 aliphatic carbocycles. The highest BCUT2D eigenvalue weighted by molar-refractivity contribution is 7.94. The Kier molecular flexibility index (Phi) is 4.07. The van der Waals surface area contributed by atoms with Crippen molar-refractivity contribution in [1.29, 1.82) is 0 Å². The van der Waals surface area contributed by atoms with Crippen LogP contribution in [0, 0.1) is 13.8 Å². The maximum absolute atomic E-state index is 12.2. The van der Waals surface area contributed by atoms with Crippen molar-refractivity contribution in [2.45, 2.75) is 18.1 Å². The molecule has 2 rings (SSSR count). The second-order valence-electron chi connectivity index (χ2n) is 4.26. The number of thiophene rings is 1. The summed E-state index contributed by atoms with van der Waals surface area (Å²) in [6, 6.07) is 6.61. The summed E-state index contributed by atoms with van der Waals surface area (Å²) in [5, 5.41) is 0. The molecule has 2 aromatic heterocycles. The largest absolute Gasteiger partial charge is 0.389 e. The highest BCUT2D eigenvalue weighted by Gasteiger charge is 2.18. The first-order chi connectivity index (χ1) is 9.28. The molecular weight excluding hydrogens is 314 g/mol. The van der Waals surface area contributed by atoms with E-state index in [2.05, 4.69) is 9.71 Å². The molecule has 0 radical (unpaired) electrons. The maximum Gasteiger partial charge on any atom is 0.272 e. The van der Waals surface area contributed by atoms with Gasteiger partial charge in [-0.25, -0.2) is 13.4 Å². The van der Waals surface area contributed by atoms with Crippen molar-refractivity contribution in [3.05, 3.63) is 40.4 Å². The zero-order chi connectivity index (χ0) is 14.9. The molecule has 2 heterocycles. The number of nitrogens with two attached hydrogens (primary N) is 1. The van der Waals surface area contributed by atoms with E-state index in [-0.39, 0.29) is 9.20 Å². The first-order valence-electron chi connectivity index (χ1n) is 5.66. The number of sulfonamides is 1. The van der Waals surface area contributed by atoms with Crippen LogP contribution >= 0.6 is 23.6 Å². The molecule has 106 valence electrons. The van der Waals surface area contributed by atoms with Crippen LogP contribution < -0.4 is 10.5 Å². The van der Waals surface area contributed by atoms with Gasteiger partial charge < -0.3 is 5.73 Å². The molecule has 0 unspecified atom stereocenters. The third-order valence-electron chi connectivity index (χ3n) is 2.43. The average Bonchev–Trinajstić information content (AvgIpc) is 2.76. The van der Waals surface area contributed by atoms with Crippen LogP contribution in [0.15, 0.2) is 28.5 Å². The van der Waals surface area contributed by atoms with Gasteiger partial charge in [0.05, 0.1) is 4.88 Å². The van der Waals surface area contributed by atoms with Gasteiger partial charge in [0, 0.05) is 5.69 Å². The number of pyridine rings is 1. The smallest absolute Gasteiger partial charge is 0.272 e. The Morgan fingerprint density at radius 2 is 2.05 bits per heavy atom. The molecule has 0 fully saturated rings. The number of aromatic nitrogens is 1. The predicted octanol–water partition coefficient (Wildman–Crippen LogP) is 2.19. The van der Waals surface area contributed by atoms with Crippen molar-refractivity contribution < 1.29 is 8.42 Å². The third-order valence-corrected chi connectivity index (χ3v) is 5.74.